The van der Waals surface area contributed by atoms with Gasteiger partial charge in [-0.2, -0.15) is 0 Å². The van der Waals surface area contributed by atoms with Crippen LogP contribution in [0, 0.1) is 20.2 Å². The lowest BCUT2D eigenvalue weighted by Crippen LogP contribution is -2.50. The van der Waals surface area contributed by atoms with E-state index in [1.165, 1.54) is 0 Å². The summed E-state index contributed by atoms with van der Waals surface area (Å²) in [6.45, 7) is 7.17. The summed E-state index contributed by atoms with van der Waals surface area (Å²) in [6.07, 6.45) is 6.18. The normalized spacial score (nSPS) is 11.4. The first-order valence-electron chi connectivity index (χ1n) is 9.78. The Kier molecular flexibility index (Phi) is 8.98. The lowest BCUT2D eigenvalue weighted by molar-refractivity contribution is -0.394. The number of nitro groups is 2. The average Bonchev–Trinajstić information content (AvgIpc) is 2.67. The van der Waals surface area contributed by atoms with Crippen LogP contribution >= 0.6 is 0 Å². The van der Waals surface area contributed by atoms with Gasteiger partial charge < -0.3 is 9.90 Å². The molecule has 0 saturated carbocycles. The molecule has 9 heteroatoms. The third-order valence-electron chi connectivity index (χ3n) is 5.32. The van der Waals surface area contributed by atoms with Crippen LogP contribution in [0.15, 0.2) is 12.1 Å². The molecule has 156 valence electrons. The van der Waals surface area contributed by atoms with Crippen molar-refractivity contribution in [2.75, 3.05) is 19.6 Å². The summed E-state index contributed by atoms with van der Waals surface area (Å²) in [5, 5.41) is 34.5. The van der Waals surface area contributed by atoms with E-state index in [2.05, 4.69) is 6.92 Å². The van der Waals surface area contributed by atoms with E-state index in [1.807, 2.05) is 13.8 Å². The van der Waals surface area contributed by atoms with Crippen LogP contribution in [-0.4, -0.2) is 35.5 Å². The first-order chi connectivity index (χ1) is 13.2. The summed E-state index contributed by atoms with van der Waals surface area (Å²) in [5.41, 5.74) is -1.67. The quantitative estimate of drug-likeness (QED) is 0.217. The smallest absolute Gasteiger partial charge is 0.337 e. The fourth-order valence-corrected chi connectivity index (χ4v) is 3.65. The van der Waals surface area contributed by atoms with Crippen molar-refractivity contribution in [3.8, 4) is 0 Å². The molecular formula is C19H29N3O6. The molecule has 1 aromatic carbocycles. The number of carbonyl (C=O) groups is 1. The third kappa shape index (κ3) is 5.48. The second kappa shape index (κ2) is 10.7. The number of hydrogen-bond donors (Lipinski definition) is 0. The zero-order chi connectivity index (χ0) is 21.3. The second-order valence-electron chi connectivity index (χ2n) is 6.93. The van der Waals surface area contributed by atoms with Gasteiger partial charge in [-0.15, -0.1) is 0 Å². The molecule has 0 bridgehead atoms. The molecule has 0 N–H and O–H groups in total. The maximum absolute atomic E-state index is 11.7. The summed E-state index contributed by atoms with van der Waals surface area (Å²) in [4.78, 5) is 33.0. The van der Waals surface area contributed by atoms with Crippen LogP contribution in [-0.2, 0) is 0 Å². The van der Waals surface area contributed by atoms with Gasteiger partial charge in [-0.05, 0) is 26.7 Å². The van der Waals surface area contributed by atoms with Gasteiger partial charge in [-0.1, -0.05) is 32.6 Å². The van der Waals surface area contributed by atoms with Crippen molar-refractivity contribution in [1.29, 1.82) is 0 Å². The van der Waals surface area contributed by atoms with Gasteiger partial charge in [0, 0.05) is 17.7 Å². The van der Waals surface area contributed by atoms with E-state index in [-0.39, 0.29) is 10.2 Å². The van der Waals surface area contributed by atoms with Gasteiger partial charge in [-0.3, -0.25) is 24.7 Å². The first-order valence-corrected chi connectivity index (χ1v) is 9.78. The molecule has 9 nitrogen and oxygen atoms in total. The van der Waals surface area contributed by atoms with Crippen molar-refractivity contribution in [1.82, 2.24) is 4.48 Å². The Hall–Kier alpha value is -2.55. The molecule has 0 fully saturated rings. The van der Waals surface area contributed by atoms with Crippen LogP contribution in [0.5, 0.6) is 0 Å². The van der Waals surface area contributed by atoms with Gasteiger partial charge in [0.2, 0.25) is 0 Å². The highest BCUT2D eigenvalue weighted by molar-refractivity contribution is 5.91. The lowest BCUT2D eigenvalue weighted by atomic mass is 10.1. The van der Waals surface area contributed by atoms with E-state index in [4.69, 9.17) is 0 Å². The molecule has 0 heterocycles. The van der Waals surface area contributed by atoms with E-state index in [0.29, 0.717) is 19.6 Å². The number of carbonyl (C=O) groups excluding carboxylic acids is 1. The first kappa shape index (κ1) is 23.5. The number of rotatable bonds is 13. The monoisotopic (exact) mass is 395 g/mol. The summed E-state index contributed by atoms with van der Waals surface area (Å²) >= 11 is 0. The molecule has 1 rings (SSSR count). The minimum absolute atomic E-state index is 0.0291. The maximum atomic E-state index is 11.7. The lowest BCUT2D eigenvalue weighted by Gasteiger charge is -2.35. The Balaban J connectivity index is 3.41. The number of benzene rings is 1. The molecular weight excluding hydrogens is 366 g/mol. The Morgan fingerprint density at radius 3 is 1.75 bits per heavy atom. The molecule has 1 aromatic rings. The highest BCUT2D eigenvalue weighted by Gasteiger charge is 2.42. The number of nitro benzene ring substituents is 2. The van der Waals surface area contributed by atoms with E-state index >= 15 is 0 Å². The van der Waals surface area contributed by atoms with Crippen molar-refractivity contribution in [2.24, 2.45) is 0 Å². The molecule has 0 spiro atoms. The van der Waals surface area contributed by atoms with E-state index in [9.17, 15) is 30.1 Å². The van der Waals surface area contributed by atoms with Gasteiger partial charge in [-0.25, -0.2) is 0 Å². The van der Waals surface area contributed by atoms with Crippen molar-refractivity contribution >= 4 is 23.0 Å². The number of carboxylic acids is 1. The fourth-order valence-electron chi connectivity index (χ4n) is 3.65. The van der Waals surface area contributed by atoms with Crippen LogP contribution in [0.2, 0.25) is 0 Å². The SMILES string of the molecule is CCCCCCCC[N+](CC)(CC)c1c([N+](=O)[O-])cc(C(=O)[O-])cc1[N+](=O)[O-]. The number of hydrogen-bond acceptors (Lipinski definition) is 6. The van der Waals surface area contributed by atoms with Crippen molar-refractivity contribution in [3.63, 3.8) is 0 Å². The number of nitrogens with zero attached hydrogens (tertiary/aromatic N) is 3. The summed E-state index contributed by atoms with van der Waals surface area (Å²) < 4.78 is 0.0632. The Bertz CT molecular complexity index is 681. The Labute approximate surface area is 164 Å². The highest BCUT2D eigenvalue weighted by atomic mass is 16.6. The Morgan fingerprint density at radius 2 is 1.36 bits per heavy atom. The van der Waals surface area contributed by atoms with Gasteiger partial charge in [0.1, 0.15) is 0 Å². The van der Waals surface area contributed by atoms with E-state index in [0.717, 1.165) is 50.7 Å². The van der Waals surface area contributed by atoms with Gasteiger partial charge in [0.25, 0.3) is 5.69 Å². The summed E-state index contributed by atoms with van der Waals surface area (Å²) in [6, 6.07) is 1.74. The summed E-state index contributed by atoms with van der Waals surface area (Å²) in [5.74, 6) is -1.68. The molecule has 0 amide bonds. The van der Waals surface area contributed by atoms with Gasteiger partial charge in [0.05, 0.1) is 35.5 Å². The topological polar surface area (TPSA) is 126 Å². The maximum Gasteiger partial charge on any atom is 0.337 e. The second-order valence-corrected chi connectivity index (χ2v) is 6.93. The molecule has 0 aliphatic rings. The molecule has 0 aliphatic carbocycles. The van der Waals surface area contributed by atoms with Crippen molar-refractivity contribution in [2.45, 2.75) is 59.3 Å². The zero-order valence-electron chi connectivity index (χ0n) is 16.8. The molecule has 0 saturated heterocycles. The molecule has 0 aliphatic heterocycles. The average molecular weight is 395 g/mol. The minimum Gasteiger partial charge on any atom is -0.545 e. The van der Waals surface area contributed by atoms with Gasteiger partial charge >= 0.3 is 11.4 Å². The van der Waals surface area contributed by atoms with E-state index in [1.54, 1.807) is 0 Å². The van der Waals surface area contributed by atoms with Crippen LogP contribution in [0.25, 0.3) is 0 Å². The van der Waals surface area contributed by atoms with Crippen molar-refractivity contribution < 1.29 is 19.7 Å². The van der Waals surface area contributed by atoms with Crippen LogP contribution < -0.4 is 9.59 Å². The fraction of sp³-hybridized carbons (Fsp3) is 0.632. The van der Waals surface area contributed by atoms with Crippen LogP contribution in [0.3, 0.4) is 0 Å². The number of carboxylic acid groups (broad SMARTS) is 1. The molecule has 0 unspecified atom stereocenters. The highest BCUT2D eigenvalue weighted by Crippen LogP contribution is 2.43. The van der Waals surface area contributed by atoms with Crippen LogP contribution in [0.4, 0.5) is 17.1 Å². The zero-order valence-corrected chi connectivity index (χ0v) is 16.8. The van der Waals surface area contributed by atoms with Crippen LogP contribution in [0.1, 0.15) is 69.7 Å². The number of quaternary nitrogens is 1. The molecule has 28 heavy (non-hydrogen) atoms. The third-order valence-corrected chi connectivity index (χ3v) is 5.32. The molecule has 0 radical (unpaired) electrons. The molecule has 0 aromatic heterocycles. The predicted octanol–water partition coefficient (Wildman–Crippen LogP) is 3.57. The minimum atomic E-state index is -1.68. The Morgan fingerprint density at radius 1 is 0.893 bits per heavy atom. The largest absolute Gasteiger partial charge is 0.545 e. The number of aromatic carboxylic acids is 1. The van der Waals surface area contributed by atoms with E-state index < -0.39 is 32.8 Å². The molecule has 0 atom stereocenters. The standard InChI is InChI=1S/C19H29N3O6/c1-4-7-8-9-10-11-12-22(5-2,6-3)18-16(20(25)26)13-15(19(23)24)14-17(18)21(27)28/h13-14H,4-12H2,1-3H3. The predicted molar refractivity (Wildman–Crippen MR) is 105 cm³/mol. The number of unbranched alkanes of at least 4 members (excludes halogenated alkanes) is 5. The van der Waals surface area contributed by atoms with Gasteiger partial charge in [0.15, 0.2) is 0 Å². The van der Waals surface area contributed by atoms with Crippen molar-refractivity contribution in [3.05, 3.63) is 37.9 Å². The summed E-state index contributed by atoms with van der Waals surface area (Å²) in [7, 11) is 0.